The van der Waals surface area contributed by atoms with Crippen LogP contribution in [0.15, 0.2) is 0 Å². The topological polar surface area (TPSA) is 0 Å². The van der Waals surface area contributed by atoms with Crippen molar-refractivity contribution < 1.29 is 4.48 Å². The van der Waals surface area contributed by atoms with E-state index in [2.05, 4.69) is 35.0 Å². The van der Waals surface area contributed by atoms with Gasteiger partial charge in [0.05, 0.1) is 27.7 Å². The lowest BCUT2D eigenvalue weighted by Crippen LogP contribution is -2.39. The van der Waals surface area contributed by atoms with Gasteiger partial charge in [0, 0.05) is 5.92 Å². The number of quaternary nitrogens is 1. The van der Waals surface area contributed by atoms with Crippen LogP contribution in [-0.2, 0) is 0 Å². The lowest BCUT2D eigenvalue weighted by molar-refractivity contribution is -0.874. The molecule has 0 amide bonds. The molecular formula is C21H46N+. The molecule has 1 nitrogen and oxygen atoms in total. The summed E-state index contributed by atoms with van der Waals surface area (Å²) in [5.41, 5.74) is 0. The molecule has 0 N–H and O–H groups in total. The van der Waals surface area contributed by atoms with Gasteiger partial charge in [-0.2, -0.15) is 0 Å². The van der Waals surface area contributed by atoms with Crippen LogP contribution in [0.3, 0.4) is 0 Å². The molecule has 0 saturated heterocycles. The van der Waals surface area contributed by atoms with Crippen LogP contribution >= 0.6 is 0 Å². The minimum absolute atomic E-state index is 0.956. The number of hydrogen-bond acceptors (Lipinski definition) is 0. The molecule has 134 valence electrons. The van der Waals surface area contributed by atoms with Gasteiger partial charge in [0.15, 0.2) is 0 Å². The molecular weight excluding hydrogens is 266 g/mol. The molecule has 0 aliphatic rings. The van der Waals surface area contributed by atoms with Crippen LogP contribution in [0.5, 0.6) is 0 Å². The van der Waals surface area contributed by atoms with Gasteiger partial charge in [-0.05, 0) is 12.8 Å². The van der Waals surface area contributed by atoms with Gasteiger partial charge in [-0.25, -0.2) is 0 Å². The smallest absolute Gasteiger partial charge is 0.0809 e. The Morgan fingerprint density at radius 1 is 0.545 bits per heavy atom. The zero-order chi connectivity index (χ0) is 16.7. The maximum atomic E-state index is 2.36. The fourth-order valence-electron chi connectivity index (χ4n) is 3.53. The zero-order valence-corrected chi connectivity index (χ0v) is 16.6. The maximum absolute atomic E-state index is 2.36. The largest absolute Gasteiger partial charge is 0.331 e. The van der Waals surface area contributed by atoms with E-state index in [0.29, 0.717) is 0 Å². The van der Waals surface area contributed by atoms with E-state index in [1.807, 2.05) is 0 Å². The Morgan fingerprint density at radius 3 is 1.27 bits per heavy atom. The van der Waals surface area contributed by atoms with Crippen molar-refractivity contribution in [2.45, 2.75) is 104 Å². The second-order valence-corrected chi connectivity index (χ2v) is 8.45. The van der Waals surface area contributed by atoms with Gasteiger partial charge in [-0.1, -0.05) is 90.9 Å². The van der Waals surface area contributed by atoms with Crippen LogP contribution < -0.4 is 0 Å². The SMILES string of the molecule is CCCCCCCCCC(CCCCCCC)C[N+](C)(C)C. The van der Waals surface area contributed by atoms with E-state index >= 15 is 0 Å². The highest BCUT2D eigenvalue weighted by molar-refractivity contribution is 4.60. The molecule has 0 bridgehead atoms. The molecule has 0 spiro atoms. The van der Waals surface area contributed by atoms with Crippen LogP contribution in [0.2, 0.25) is 0 Å². The van der Waals surface area contributed by atoms with Crippen molar-refractivity contribution in [1.29, 1.82) is 0 Å². The fraction of sp³-hybridized carbons (Fsp3) is 1.00. The minimum Gasteiger partial charge on any atom is -0.331 e. The number of hydrogen-bond donors (Lipinski definition) is 0. The number of nitrogens with zero attached hydrogens (tertiary/aromatic N) is 1. The van der Waals surface area contributed by atoms with Crippen molar-refractivity contribution in [1.82, 2.24) is 0 Å². The van der Waals surface area contributed by atoms with Gasteiger partial charge in [0.1, 0.15) is 0 Å². The summed E-state index contributed by atoms with van der Waals surface area (Å²) in [7, 11) is 7.07. The molecule has 22 heavy (non-hydrogen) atoms. The average molecular weight is 313 g/mol. The minimum atomic E-state index is 0.956. The number of rotatable bonds is 16. The summed E-state index contributed by atoms with van der Waals surface area (Å²) in [6.45, 7) is 5.97. The first kappa shape index (κ1) is 22.0. The van der Waals surface area contributed by atoms with Gasteiger partial charge < -0.3 is 4.48 Å². The van der Waals surface area contributed by atoms with Crippen LogP contribution in [-0.4, -0.2) is 32.2 Å². The third kappa shape index (κ3) is 16.3. The highest BCUT2D eigenvalue weighted by Crippen LogP contribution is 2.21. The third-order valence-corrected chi connectivity index (χ3v) is 4.74. The zero-order valence-electron chi connectivity index (χ0n) is 16.6. The Labute approximate surface area is 142 Å². The van der Waals surface area contributed by atoms with Gasteiger partial charge in [0.25, 0.3) is 0 Å². The first-order chi connectivity index (χ1) is 10.5. The summed E-state index contributed by atoms with van der Waals surface area (Å²) in [5, 5.41) is 0. The molecule has 1 atom stereocenters. The molecule has 0 radical (unpaired) electrons. The Balaban J connectivity index is 3.78. The van der Waals surface area contributed by atoms with E-state index in [1.54, 1.807) is 0 Å². The first-order valence-corrected chi connectivity index (χ1v) is 10.3. The Bertz CT molecular complexity index is 216. The van der Waals surface area contributed by atoms with Crippen molar-refractivity contribution in [3.05, 3.63) is 0 Å². The summed E-state index contributed by atoms with van der Waals surface area (Å²) in [4.78, 5) is 0. The highest BCUT2D eigenvalue weighted by atomic mass is 15.3. The van der Waals surface area contributed by atoms with Gasteiger partial charge in [-0.15, -0.1) is 0 Å². The molecule has 0 aromatic rings. The Kier molecular flexibility index (Phi) is 14.5. The molecule has 0 rings (SSSR count). The predicted octanol–water partition coefficient (Wildman–Crippen LogP) is 6.81. The fourth-order valence-corrected chi connectivity index (χ4v) is 3.53. The van der Waals surface area contributed by atoms with Crippen molar-refractivity contribution in [2.24, 2.45) is 5.92 Å². The second kappa shape index (κ2) is 14.5. The summed E-state index contributed by atoms with van der Waals surface area (Å²) < 4.78 is 1.14. The predicted molar refractivity (Wildman–Crippen MR) is 102 cm³/mol. The summed E-state index contributed by atoms with van der Waals surface area (Å²) >= 11 is 0. The molecule has 0 aliphatic heterocycles. The van der Waals surface area contributed by atoms with E-state index < -0.39 is 0 Å². The quantitative estimate of drug-likeness (QED) is 0.217. The summed E-state index contributed by atoms with van der Waals surface area (Å²) in [5.74, 6) is 0.956. The van der Waals surface area contributed by atoms with Gasteiger partial charge in [0.2, 0.25) is 0 Å². The molecule has 0 aliphatic carbocycles. The van der Waals surface area contributed by atoms with E-state index in [9.17, 15) is 0 Å². The highest BCUT2D eigenvalue weighted by Gasteiger charge is 2.17. The van der Waals surface area contributed by atoms with Crippen molar-refractivity contribution in [3.63, 3.8) is 0 Å². The van der Waals surface area contributed by atoms with Crippen LogP contribution in [0.4, 0.5) is 0 Å². The molecule has 1 unspecified atom stereocenters. The van der Waals surface area contributed by atoms with Crippen molar-refractivity contribution >= 4 is 0 Å². The Hall–Kier alpha value is -0.0400. The molecule has 1 heteroatoms. The van der Waals surface area contributed by atoms with Crippen molar-refractivity contribution in [3.8, 4) is 0 Å². The number of unbranched alkanes of at least 4 members (excludes halogenated alkanes) is 10. The first-order valence-electron chi connectivity index (χ1n) is 10.3. The maximum Gasteiger partial charge on any atom is 0.0809 e. The molecule has 0 saturated carbocycles. The normalized spacial score (nSPS) is 13.5. The van der Waals surface area contributed by atoms with Crippen LogP contribution in [0, 0.1) is 5.92 Å². The summed E-state index contributed by atoms with van der Waals surface area (Å²) in [6.07, 6.45) is 20.2. The van der Waals surface area contributed by atoms with Crippen LogP contribution in [0.25, 0.3) is 0 Å². The van der Waals surface area contributed by atoms with E-state index in [1.165, 1.54) is 96.4 Å². The Morgan fingerprint density at radius 2 is 0.909 bits per heavy atom. The lowest BCUT2D eigenvalue weighted by Gasteiger charge is -2.29. The molecule has 0 fully saturated rings. The molecule has 0 aromatic carbocycles. The van der Waals surface area contributed by atoms with E-state index in [0.717, 1.165) is 10.4 Å². The van der Waals surface area contributed by atoms with Gasteiger partial charge >= 0.3 is 0 Å². The third-order valence-electron chi connectivity index (χ3n) is 4.74. The van der Waals surface area contributed by atoms with Crippen molar-refractivity contribution in [2.75, 3.05) is 27.7 Å². The van der Waals surface area contributed by atoms with Crippen LogP contribution in [0.1, 0.15) is 104 Å². The second-order valence-electron chi connectivity index (χ2n) is 8.45. The standard InChI is InChI=1S/C21H46N/c1-6-8-10-12-13-15-17-19-21(20-22(3,4)5)18-16-14-11-9-7-2/h21H,6-20H2,1-5H3/q+1. The average Bonchev–Trinajstić information content (AvgIpc) is 2.44. The van der Waals surface area contributed by atoms with Gasteiger partial charge in [-0.3, -0.25) is 0 Å². The monoisotopic (exact) mass is 312 g/mol. The van der Waals surface area contributed by atoms with E-state index in [4.69, 9.17) is 0 Å². The summed E-state index contributed by atoms with van der Waals surface area (Å²) in [6, 6.07) is 0. The lowest BCUT2D eigenvalue weighted by atomic mass is 9.93. The van der Waals surface area contributed by atoms with E-state index in [-0.39, 0.29) is 0 Å². The molecule has 0 aromatic heterocycles. The molecule has 0 heterocycles.